The summed E-state index contributed by atoms with van der Waals surface area (Å²) in [6.07, 6.45) is 0. The molecule has 3 aromatic heterocycles. The van der Waals surface area contributed by atoms with Crippen molar-refractivity contribution in [2.24, 2.45) is 0 Å². The van der Waals surface area contributed by atoms with Crippen molar-refractivity contribution in [3.8, 4) is 17.1 Å². The lowest BCUT2D eigenvalue weighted by Gasteiger charge is -2.34. The topological polar surface area (TPSA) is 14.8 Å². The van der Waals surface area contributed by atoms with Gasteiger partial charge < -0.3 is 13.7 Å². The standard InChI is InChI=1S/C60H41N3Si/c1-5-21-42(22-6-1)61-56-36-20-37-57(62-52-33-16-13-29-47(52)48-30-14-17-34-53(48)62)59(56)50-32-19-38-58(60(50)61)63-54-35-18-15-31-49(54)51-41-46(39-40-55(51)63)64(43-23-7-2-8-24-43,44-25-9-3-10-26-44)45-27-11-4-12-28-45/h1-41H. The fourth-order valence-corrected chi connectivity index (χ4v) is 15.8. The molecule has 0 aliphatic carbocycles. The van der Waals surface area contributed by atoms with Crippen LogP contribution in [-0.4, -0.2) is 21.8 Å². The average Bonchev–Trinajstić information content (AvgIpc) is 4.01. The maximum Gasteiger partial charge on any atom is 0.179 e. The first-order chi connectivity index (χ1) is 31.8. The van der Waals surface area contributed by atoms with Crippen LogP contribution in [0, 0.1) is 0 Å². The average molecular weight is 832 g/mol. The first kappa shape index (κ1) is 36.5. The van der Waals surface area contributed by atoms with Crippen LogP contribution < -0.4 is 20.7 Å². The molecule has 13 aromatic rings. The van der Waals surface area contributed by atoms with Gasteiger partial charge in [-0.15, -0.1) is 0 Å². The highest BCUT2D eigenvalue weighted by Crippen LogP contribution is 2.43. The Kier molecular flexibility index (Phi) is 8.23. The van der Waals surface area contributed by atoms with Gasteiger partial charge in [-0.2, -0.15) is 0 Å². The van der Waals surface area contributed by atoms with E-state index in [9.17, 15) is 0 Å². The monoisotopic (exact) mass is 831 g/mol. The van der Waals surface area contributed by atoms with E-state index in [1.54, 1.807) is 0 Å². The molecule has 10 aromatic carbocycles. The van der Waals surface area contributed by atoms with Crippen molar-refractivity contribution < 1.29 is 0 Å². The molecule has 0 spiro atoms. The molecule has 0 aliphatic rings. The summed E-state index contributed by atoms with van der Waals surface area (Å²) in [4.78, 5) is 0. The summed E-state index contributed by atoms with van der Waals surface area (Å²) in [7, 11) is -2.78. The van der Waals surface area contributed by atoms with Gasteiger partial charge in [-0.1, -0.05) is 194 Å². The van der Waals surface area contributed by atoms with Crippen LogP contribution in [-0.2, 0) is 0 Å². The van der Waals surface area contributed by atoms with Gasteiger partial charge in [0.1, 0.15) is 0 Å². The zero-order chi connectivity index (χ0) is 42.2. The zero-order valence-electron chi connectivity index (χ0n) is 35.0. The smallest absolute Gasteiger partial charge is 0.179 e. The second-order valence-corrected chi connectivity index (χ2v) is 20.6. The van der Waals surface area contributed by atoms with Gasteiger partial charge in [0.2, 0.25) is 0 Å². The van der Waals surface area contributed by atoms with E-state index < -0.39 is 8.07 Å². The van der Waals surface area contributed by atoms with Crippen LogP contribution in [0.3, 0.4) is 0 Å². The van der Waals surface area contributed by atoms with Gasteiger partial charge in [0.05, 0.1) is 44.5 Å². The Hall–Kier alpha value is -8.18. The minimum absolute atomic E-state index is 1.13. The minimum atomic E-state index is -2.78. The van der Waals surface area contributed by atoms with Crippen molar-refractivity contribution in [1.82, 2.24) is 13.7 Å². The molecule has 0 saturated heterocycles. The third-order valence-corrected chi connectivity index (χ3v) is 18.3. The van der Waals surface area contributed by atoms with Gasteiger partial charge in [-0.25, -0.2) is 0 Å². The second kappa shape index (κ2) is 14.5. The predicted octanol–water partition coefficient (Wildman–Crippen LogP) is 12.4. The second-order valence-electron chi connectivity index (χ2n) is 16.8. The molecule has 64 heavy (non-hydrogen) atoms. The van der Waals surface area contributed by atoms with Crippen LogP contribution in [0.25, 0.3) is 82.5 Å². The van der Waals surface area contributed by atoms with Crippen molar-refractivity contribution >= 4 is 94.2 Å². The number of para-hydroxylation sites is 5. The van der Waals surface area contributed by atoms with Crippen LogP contribution in [0.2, 0.25) is 0 Å². The van der Waals surface area contributed by atoms with Crippen molar-refractivity contribution in [2.45, 2.75) is 0 Å². The minimum Gasteiger partial charge on any atom is -0.309 e. The molecule has 0 radical (unpaired) electrons. The van der Waals surface area contributed by atoms with E-state index in [2.05, 4.69) is 262 Å². The fourth-order valence-electron chi connectivity index (χ4n) is 11.0. The molecular formula is C60H41N3Si. The quantitative estimate of drug-likeness (QED) is 0.112. The van der Waals surface area contributed by atoms with Gasteiger partial charge in [-0.05, 0) is 75.3 Å². The van der Waals surface area contributed by atoms with Crippen molar-refractivity contribution in [2.75, 3.05) is 0 Å². The molecule has 0 N–H and O–H groups in total. The molecule has 3 nitrogen and oxygen atoms in total. The first-order valence-electron chi connectivity index (χ1n) is 22.1. The molecular weight excluding hydrogens is 791 g/mol. The number of hydrogen-bond donors (Lipinski definition) is 0. The molecule has 3 heterocycles. The van der Waals surface area contributed by atoms with E-state index >= 15 is 0 Å². The van der Waals surface area contributed by atoms with Gasteiger partial charge >= 0.3 is 0 Å². The van der Waals surface area contributed by atoms with Crippen LogP contribution >= 0.6 is 0 Å². The number of nitrogens with zero attached hydrogens (tertiary/aromatic N) is 3. The van der Waals surface area contributed by atoms with Crippen LogP contribution in [0.1, 0.15) is 0 Å². The summed E-state index contributed by atoms with van der Waals surface area (Å²) in [5.41, 5.74) is 10.5. The number of benzene rings is 10. The molecule has 0 atom stereocenters. The molecule has 0 bridgehead atoms. The van der Waals surface area contributed by atoms with Crippen LogP contribution in [0.15, 0.2) is 249 Å². The lowest BCUT2D eigenvalue weighted by atomic mass is 10.1. The van der Waals surface area contributed by atoms with E-state index in [0.29, 0.717) is 0 Å². The van der Waals surface area contributed by atoms with Gasteiger partial charge in [0.25, 0.3) is 0 Å². The van der Waals surface area contributed by atoms with E-state index in [0.717, 1.165) is 11.4 Å². The molecule has 13 rings (SSSR count). The summed E-state index contributed by atoms with van der Waals surface area (Å²) in [6.45, 7) is 0. The first-order valence-corrected chi connectivity index (χ1v) is 24.1. The molecule has 300 valence electrons. The normalized spacial score (nSPS) is 12.1. The highest BCUT2D eigenvalue weighted by Gasteiger charge is 2.41. The van der Waals surface area contributed by atoms with Gasteiger partial charge in [0.15, 0.2) is 8.07 Å². The largest absolute Gasteiger partial charge is 0.309 e. The Balaban J connectivity index is 1.14. The van der Waals surface area contributed by atoms with Crippen LogP contribution in [0.5, 0.6) is 0 Å². The van der Waals surface area contributed by atoms with E-state index in [1.807, 2.05) is 0 Å². The maximum atomic E-state index is 2.53. The third-order valence-electron chi connectivity index (χ3n) is 13.6. The molecule has 4 heteroatoms. The predicted molar refractivity (Wildman–Crippen MR) is 273 cm³/mol. The molecule has 0 amide bonds. The van der Waals surface area contributed by atoms with Gasteiger partial charge in [-0.3, -0.25) is 0 Å². The third kappa shape index (κ3) is 5.21. The summed E-state index contributed by atoms with van der Waals surface area (Å²) in [5, 5.41) is 12.9. The SMILES string of the molecule is c1ccc(-n2c3cccc(-n4c5ccccc5c5ccccc54)c3c3cccc(-n4c5ccccc5c5cc([Si](c6ccccc6)(c6ccccc6)c6ccccc6)ccc54)c32)cc1. The Morgan fingerprint density at radius 2 is 0.656 bits per heavy atom. The summed E-state index contributed by atoms with van der Waals surface area (Å²) < 4.78 is 7.48. The van der Waals surface area contributed by atoms with Crippen LogP contribution in [0.4, 0.5) is 0 Å². The maximum absolute atomic E-state index is 2.78. The molecule has 0 unspecified atom stereocenters. The molecule has 0 fully saturated rings. The number of rotatable bonds is 7. The molecule has 0 aliphatic heterocycles. The number of fused-ring (bicyclic) bond motifs is 9. The van der Waals surface area contributed by atoms with E-state index in [-0.39, 0.29) is 0 Å². The lowest BCUT2D eigenvalue weighted by molar-refractivity contribution is 1.13. The van der Waals surface area contributed by atoms with Crippen molar-refractivity contribution in [1.29, 1.82) is 0 Å². The summed E-state index contributed by atoms with van der Waals surface area (Å²) >= 11 is 0. The molecule has 0 saturated carbocycles. The van der Waals surface area contributed by atoms with Crippen molar-refractivity contribution in [3.63, 3.8) is 0 Å². The Morgan fingerprint density at radius 1 is 0.250 bits per heavy atom. The highest BCUT2D eigenvalue weighted by atomic mass is 28.3. The Morgan fingerprint density at radius 3 is 1.22 bits per heavy atom. The highest BCUT2D eigenvalue weighted by molar-refractivity contribution is 7.20. The van der Waals surface area contributed by atoms with Gasteiger partial charge in [0, 0.05) is 38.0 Å². The fraction of sp³-hybridized carbons (Fsp3) is 0. The summed E-state index contributed by atoms with van der Waals surface area (Å²) in [5.74, 6) is 0. The summed E-state index contributed by atoms with van der Waals surface area (Å²) in [6, 6.07) is 92.2. The lowest BCUT2D eigenvalue weighted by Crippen LogP contribution is -2.74. The zero-order valence-corrected chi connectivity index (χ0v) is 36.0. The number of hydrogen-bond acceptors (Lipinski definition) is 0. The Bertz CT molecular complexity index is 3730. The Labute approximate surface area is 372 Å². The number of aromatic nitrogens is 3. The van der Waals surface area contributed by atoms with E-state index in [4.69, 9.17) is 0 Å². The van der Waals surface area contributed by atoms with E-state index in [1.165, 1.54) is 91.9 Å². The van der Waals surface area contributed by atoms with Crippen molar-refractivity contribution in [3.05, 3.63) is 249 Å².